The van der Waals surface area contributed by atoms with Gasteiger partial charge in [0.05, 0.1) is 24.4 Å². The van der Waals surface area contributed by atoms with E-state index in [9.17, 15) is 9.59 Å². The number of nitrogens with zero attached hydrogens (tertiary/aromatic N) is 1. The molecule has 134 valence electrons. The zero-order valence-electron chi connectivity index (χ0n) is 13.5. The number of ether oxygens (including phenoxy) is 1. The molecule has 0 aliphatic carbocycles. The molecule has 0 amide bonds. The number of halogens is 4. The van der Waals surface area contributed by atoms with Crippen molar-refractivity contribution in [3.05, 3.63) is 57.9 Å². The Morgan fingerprint density at radius 3 is 2.28 bits per heavy atom. The lowest BCUT2D eigenvalue weighted by Gasteiger charge is -2.16. The van der Waals surface area contributed by atoms with E-state index in [1.807, 2.05) is 0 Å². The van der Waals surface area contributed by atoms with Crippen molar-refractivity contribution in [1.82, 2.24) is 4.57 Å². The van der Waals surface area contributed by atoms with Gasteiger partial charge in [0.15, 0.2) is 0 Å². The molecule has 1 heterocycles. The maximum absolute atomic E-state index is 12.8. The fourth-order valence-corrected chi connectivity index (χ4v) is 3.38. The molecular formula is C17H15Cl4NO3. The van der Waals surface area contributed by atoms with Crippen molar-refractivity contribution in [3.8, 4) is 0 Å². The first-order valence-electron chi connectivity index (χ1n) is 7.36. The molecule has 0 atom stereocenters. The fraction of sp³-hybridized carbons (Fsp3) is 0.294. The molecule has 0 fully saturated rings. The minimum Gasteiger partial charge on any atom is -0.466 e. The van der Waals surface area contributed by atoms with E-state index in [0.29, 0.717) is 21.8 Å². The summed E-state index contributed by atoms with van der Waals surface area (Å²) in [6.07, 6.45) is -0.0984. The van der Waals surface area contributed by atoms with Crippen molar-refractivity contribution in [3.63, 3.8) is 0 Å². The van der Waals surface area contributed by atoms with Crippen LogP contribution in [0.1, 0.15) is 34.2 Å². The number of rotatable bonds is 5. The number of carbonyl (C=O) groups is 2. The van der Waals surface area contributed by atoms with Crippen LogP contribution in [0.3, 0.4) is 0 Å². The molecule has 0 spiro atoms. The topological polar surface area (TPSA) is 48.3 Å². The predicted octanol–water partition coefficient (Wildman–Crippen LogP) is 4.84. The van der Waals surface area contributed by atoms with Crippen molar-refractivity contribution in [2.45, 2.75) is 17.1 Å². The van der Waals surface area contributed by atoms with Crippen LogP contribution in [0.2, 0.25) is 5.02 Å². The Morgan fingerprint density at radius 2 is 1.76 bits per heavy atom. The van der Waals surface area contributed by atoms with E-state index >= 15 is 0 Å². The lowest BCUT2D eigenvalue weighted by atomic mass is 10.1. The monoisotopic (exact) mass is 421 g/mol. The van der Waals surface area contributed by atoms with Gasteiger partial charge in [0.2, 0.25) is 9.58 Å². The summed E-state index contributed by atoms with van der Waals surface area (Å²) >= 11 is 24.0. The molecule has 0 unspecified atom stereocenters. The van der Waals surface area contributed by atoms with Crippen LogP contribution in [0.25, 0.3) is 0 Å². The average molecular weight is 423 g/mol. The van der Waals surface area contributed by atoms with Crippen LogP contribution in [0.15, 0.2) is 30.3 Å². The lowest BCUT2D eigenvalue weighted by molar-refractivity contribution is -0.142. The molecular weight excluding hydrogens is 408 g/mol. The summed E-state index contributed by atoms with van der Waals surface area (Å²) in [6, 6.07) is 8.00. The predicted molar refractivity (Wildman–Crippen MR) is 99.9 cm³/mol. The molecule has 0 N–H and O–H groups in total. The Bertz CT molecular complexity index is 791. The van der Waals surface area contributed by atoms with Crippen LogP contribution in [0, 0.1) is 0 Å². The largest absolute Gasteiger partial charge is 0.466 e. The van der Waals surface area contributed by atoms with Gasteiger partial charge in [-0.05, 0) is 42.8 Å². The third-order valence-electron chi connectivity index (χ3n) is 3.56. The van der Waals surface area contributed by atoms with Gasteiger partial charge >= 0.3 is 5.97 Å². The van der Waals surface area contributed by atoms with Crippen LogP contribution in [-0.2, 0) is 26.8 Å². The quantitative estimate of drug-likeness (QED) is 0.393. The number of esters is 1. The van der Waals surface area contributed by atoms with Crippen molar-refractivity contribution in [2.75, 3.05) is 6.61 Å². The second-order valence-electron chi connectivity index (χ2n) is 5.28. The van der Waals surface area contributed by atoms with E-state index < -0.39 is 9.76 Å². The molecule has 0 saturated heterocycles. The summed E-state index contributed by atoms with van der Waals surface area (Å²) in [5.41, 5.74) is 1.41. The molecule has 0 aliphatic heterocycles. The highest BCUT2D eigenvalue weighted by atomic mass is 35.6. The first-order valence-corrected chi connectivity index (χ1v) is 8.88. The summed E-state index contributed by atoms with van der Waals surface area (Å²) in [7, 11) is 1.61. The molecule has 0 aliphatic rings. The molecule has 0 saturated carbocycles. The first kappa shape index (κ1) is 20.1. The van der Waals surface area contributed by atoms with Gasteiger partial charge in [0, 0.05) is 17.6 Å². The number of aromatic nitrogens is 1. The van der Waals surface area contributed by atoms with Gasteiger partial charge in [-0.15, -0.1) is 0 Å². The van der Waals surface area contributed by atoms with E-state index in [-0.39, 0.29) is 24.5 Å². The van der Waals surface area contributed by atoms with Crippen LogP contribution < -0.4 is 0 Å². The van der Waals surface area contributed by atoms with Gasteiger partial charge in [-0.25, -0.2) is 0 Å². The molecule has 2 rings (SSSR count). The van der Waals surface area contributed by atoms with Crippen LogP contribution in [0.5, 0.6) is 0 Å². The van der Waals surface area contributed by atoms with E-state index in [4.69, 9.17) is 51.1 Å². The summed E-state index contributed by atoms with van der Waals surface area (Å²) in [4.78, 5) is 24.6. The third-order valence-corrected chi connectivity index (χ3v) is 4.35. The number of ketones is 1. The van der Waals surface area contributed by atoms with Crippen molar-refractivity contribution >= 4 is 58.2 Å². The van der Waals surface area contributed by atoms with E-state index in [0.717, 1.165) is 0 Å². The Morgan fingerprint density at radius 1 is 1.16 bits per heavy atom. The van der Waals surface area contributed by atoms with Crippen molar-refractivity contribution in [2.24, 2.45) is 7.05 Å². The Balaban J connectivity index is 2.48. The molecule has 0 bridgehead atoms. The highest BCUT2D eigenvalue weighted by molar-refractivity contribution is 6.66. The Hall–Kier alpha value is -1.20. The van der Waals surface area contributed by atoms with Gasteiger partial charge in [-0.2, -0.15) is 0 Å². The molecule has 0 radical (unpaired) electrons. The van der Waals surface area contributed by atoms with Crippen molar-refractivity contribution < 1.29 is 14.3 Å². The first-order chi connectivity index (χ1) is 11.6. The SMILES string of the molecule is CCOC(=O)Cc1cc(C(=O)c2ccc(Cl)cc2)n(C)c1C(Cl)(Cl)Cl. The molecule has 1 aromatic heterocycles. The van der Waals surface area contributed by atoms with Gasteiger partial charge in [-0.3, -0.25) is 9.59 Å². The summed E-state index contributed by atoms with van der Waals surface area (Å²) in [6.45, 7) is 1.94. The second-order valence-corrected chi connectivity index (χ2v) is 8.00. The molecule has 8 heteroatoms. The third kappa shape index (κ3) is 4.70. The van der Waals surface area contributed by atoms with Crippen LogP contribution in [-0.4, -0.2) is 22.9 Å². The zero-order valence-corrected chi connectivity index (χ0v) is 16.5. The molecule has 25 heavy (non-hydrogen) atoms. The molecule has 2 aromatic rings. The maximum Gasteiger partial charge on any atom is 0.310 e. The number of benzene rings is 1. The summed E-state index contributed by atoms with van der Waals surface area (Å²) < 4.78 is 4.63. The van der Waals surface area contributed by atoms with Gasteiger partial charge in [-0.1, -0.05) is 46.4 Å². The smallest absolute Gasteiger partial charge is 0.310 e. The fourth-order valence-electron chi connectivity index (χ4n) is 2.51. The van der Waals surface area contributed by atoms with Crippen LogP contribution >= 0.6 is 46.4 Å². The number of carbonyl (C=O) groups excluding carboxylic acids is 2. The van der Waals surface area contributed by atoms with Gasteiger partial charge in [0.1, 0.15) is 0 Å². The van der Waals surface area contributed by atoms with E-state index in [1.54, 1.807) is 44.3 Å². The molecule has 1 aromatic carbocycles. The average Bonchev–Trinajstić information content (AvgIpc) is 2.83. The molecule has 4 nitrogen and oxygen atoms in total. The highest BCUT2D eigenvalue weighted by Gasteiger charge is 2.33. The number of hydrogen-bond acceptors (Lipinski definition) is 3. The summed E-state index contributed by atoms with van der Waals surface area (Å²) in [5.74, 6) is -0.737. The Labute approximate surface area is 165 Å². The minimum atomic E-state index is -1.80. The summed E-state index contributed by atoms with van der Waals surface area (Å²) in [5, 5.41) is 0.522. The Kier molecular flexibility index (Phi) is 6.44. The second kappa shape index (κ2) is 8.00. The highest BCUT2D eigenvalue weighted by Crippen LogP contribution is 2.41. The minimum absolute atomic E-state index is 0.0984. The number of alkyl halides is 3. The normalized spacial score (nSPS) is 11.4. The zero-order chi connectivity index (χ0) is 18.8. The van der Waals surface area contributed by atoms with Gasteiger partial charge in [0.25, 0.3) is 0 Å². The van der Waals surface area contributed by atoms with E-state index in [2.05, 4.69) is 0 Å². The van der Waals surface area contributed by atoms with Crippen LogP contribution in [0.4, 0.5) is 0 Å². The van der Waals surface area contributed by atoms with Crippen molar-refractivity contribution in [1.29, 1.82) is 0 Å². The van der Waals surface area contributed by atoms with Gasteiger partial charge < -0.3 is 9.30 Å². The number of hydrogen-bond donors (Lipinski definition) is 0. The maximum atomic E-state index is 12.8. The standard InChI is InChI=1S/C17H15Cl4NO3/c1-3-25-14(23)9-11-8-13(22(2)16(11)17(19,20)21)15(24)10-4-6-12(18)7-5-10/h4-8H,3,9H2,1-2H3. The lowest BCUT2D eigenvalue weighted by Crippen LogP contribution is -2.16. The van der Waals surface area contributed by atoms with E-state index in [1.165, 1.54) is 4.57 Å².